The summed E-state index contributed by atoms with van der Waals surface area (Å²) in [4.78, 5) is 24.2. The summed E-state index contributed by atoms with van der Waals surface area (Å²) in [7, 11) is 0. The number of fused-ring (bicyclic) bond motifs is 1. The molecule has 0 radical (unpaired) electrons. The molecule has 4 heterocycles. The number of hydrogen-bond acceptors (Lipinski definition) is 9. The minimum Gasteiger partial charge on any atom is -0.408 e. The van der Waals surface area contributed by atoms with Crippen molar-refractivity contribution in [1.82, 2.24) is 20.2 Å². The second kappa shape index (κ2) is 9.12. The van der Waals surface area contributed by atoms with Crippen LogP contribution in [-0.4, -0.2) is 58.6 Å². The number of aromatic nitrogens is 4. The third-order valence-corrected chi connectivity index (χ3v) is 5.59. The maximum absolute atomic E-state index is 12.2. The summed E-state index contributed by atoms with van der Waals surface area (Å²) in [5.74, 6) is 1.95. The zero-order valence-electron chi connectivity index (χ0n) is 18.5. The Morgan fingerprint density at radius 3 is 2.70 bits per heavy atom. The Hall–Kier alpha value is -3.57. The number of amides is 2. The number of aryl methyl sites for hydroxylation is 1. The van der Waals surface area contributed by atoms with Crippen molar-refractivity contribution >= 4 is 23.6 Å². The highest BCUT2D eigenvalue weighted by atomic mass is 16.5. The van der Waals surface area contributed by atoms with E-state index in [4.69, 9.17) is 23.9 Å². The molecule has 2 aromatic heterocycles. The van der Waals surface area contributed by atoms with Gasteiger partial charge >= 0.3 is 12.0 Å². The van der Waals surface area contributed by atoms with Crippen LogP contribution in [0.2, 0.25) is 0 Å². The summed E-state index contributed by atoms with van der Waals surface area (Å²) in [6.07, 6.45) is 0.755. The second-order valence-electron chi connectivity index (χ2n) is 8.00. The molecular weight excluding hydrogens is 426 g/mol. The molecule has 1 fully saturated rings. The van der Waals surface area contributed by atoms with Crippen molar-refractivity contribution in [2.45, 2.75) is 32.9 Å². The fraction of sp³-hybridized carbons (Fsp3) is 0.409. The molecule has 2 N–H and O–H groups in total. The van der Waals surface area contributed by atoms with Crippen LogP contribution in [0.25, 0.3) is 11.4 Å². The predicted octanol–water partition coefficient (Wildman–Crippen LogP) is 2.78. The monoisotopic (exact) mass is 451 g/mol. The summed E-state index contributed by atoms with van der Waals surface area (Å²) < 4.78 is 16.5. The molecule has 5 rings (SSSR count). The van der Waals surface area contributed by atoms with Gasteiger partial charge in [0.15, 0.2) is 5.82 Å². The summed E-state index contributed by atoms with van der Waals surface area (Å²) in [6, 6.07) is 7.17. The van der Waals surface area contributed by atoms with Crippen molar-refractivity contribution in [3.8, 4) is 11.4 Å². The average Bonchev–Trinajstić information content (AvgIpc) is 3.23. The van der Waals surface area contributed by atoms with Crippen LogP contribution in [0.5, 0.6) is 0 Å². The number of carbonyl (C=O) groups is 1. The summed E-state index contributed by atoms with van der Waals surface area (Å²) in [5, 5.41) is 12.7. The molecule has 0 aliphatic carbocycles. The van der Waals surface area contributed by atoms with Crippen LogP contribution in [0.1, 0.15) is 24.1 Å². The third-order valence-electron chi connectivity index (χ3n) is 5.59. The first-order valence-corrected chi connectivity index (χ1v) is 10.9. The zero-order chi connectivity index (χ0) is 22.8. The number of urea groups is 1. The van der Waals surface area contributed by atoms with Gasteiger partial charge in [-0.15, -0.1) is 5.10 Å². The highest BCUT2D eigenvalue weighted by Gasteiger charge is 2.27. The SMILES string of the molecule is Cc1nnc(NC(=O)Nc2ccc(-c3nc4c(c(N5CCOC[C@@H]5C)n3)COCC4)cc2)o1. The minimum absolute atomic E-state index is 0.0397. The molecule has 11 heteroatoms. The molecule has 1 saturated heterocycles. The topological polar surface area (TPSA) is 128 Å². The Morgan fingerprint density at radius 1 is 1.09 bits per heavy atom. The van der Waals surface area contributed by atoms with E-state index >= 15 is 0 Å². The first kappa shape index (κ1) is 21.3. The number of benzene rings is 1. The number of anilines is 3. The van der Waals surface area contributed by atoms with Crippen LogP contribution in [0.4, 0.5) is 22.3 Å². The van der Waals surface area contributed by atoms with E-state index in [2.05, 4.69) is 32.7 Å². The molecule has 11 nitrogen and oxygen atoms in total. The Balaban J connectivity index is 1.37. The number of morpholine rings is 1. The van der Waals surface area contributed by atoms with Gasteiger partial charge in [0.05, 0.1) is 38.2 Å². The Labute approximate surface area is 190 Å². The summed E-state index contributed by atoms with van der Waals surface area (Å²) in [5.41, 5.74) is 3.56. The number of nitrogens with one attached hydrogen (secondary N) is 2. The van der Waals surface area contributed by atoms with E-state index in [-0.39, 0.29) is 12.1 Å². The van der Waals surface area contributed by atoms with Crippen molar-refractivity contribution in [1.29, 1.82) is 0 Å². The van der Waals surface area contributed by atoms with Gasteiger partial charge in [0.2, 0.25) is 5.89 Å². The van der Waals surface area contributed by atoms with E-state index in [1.54, 1.807) is 19.1 Å². The van der Waals surface area contributed by atoms with E-state index in [9.17, 15) is 4.79 Å². The van der Waals surface area contributed by atoms with E-state index in [1.807, 2.05) is 12.1 Å². The van der Waals surface area contributed by atoms with Gasteiger partial charge in [-0.05, 0) is 31.2 Å². The lowest BCUT2D eigenvalue weighted by molar-refractivity contribution is 0.0952. The fourth-order valence-electron chi connectivity index (χ4n) is 3.93. The molecule has 33 heavy (non-hydrogen) atoms. The van der Waals surface area contributed by atoms with E-state index in [0.29, 0.717) is 43.8 Å². The molecule has 2 amide bonds. The lowest BCUT2D eigenvalue weighted by Gasteiger charge is -2.36. The molecule has 0 spiro atoms. The van der Waals surface area contributed by atoms with Crippen LogP contribution in [0, 0.1) is 6.92 Å². The van der Waals surface area contributed by atoms with Gasteiger partial charge in [-0.25, -0.2) is 14.8 Å². The quantitative estimate of drug-likeness (QED) is 0.615. The van der Waals surface area contributed by atoms with Crippen LogP contribution in [-0.2, 0) is 22.5 Å². The molecule has 1 aromatic carbocycles. The fourth-order valence-corrected chi connectivity index (χ4v) is 3.93. The summed E-state index contributed by atoms with van der Waals surface area (Å²) in [6.45, 7) is 7.08. The number of rotatable bonds is 4. The lowest BCUT2D eigenvalue weighted by atomic mass is 10.1. The van der Waals surface area contributed by atoms with Crippen molar-refractivity contribution < 1.29 is 18.7 Å². The molecule has 1 atom stereocenters. The van der Waals surface area contributed by atoms with E-state index < -0.39 is 6.03 Å². The highest BCUT2D eigenvalue weighted by Crippen LogP contribution is 2.31. The van der Waals surface area contributed by atoms with Gasteiger partial charge in [0, 0.05) is 36.7 Å². The van der Waals surface area contributed by atoms with Gasteiger partial charge in [-0.2, -0.15) is 0 Å². The molecule has 0 saturated carbocycles. The van der Waals surface area contributed by atoms with Gasteiger partial charge < -0.3 is 24.1 Å². The molecule has 172 valence electrons. The van der Waals surface area contributed by atoms with Crippen LogP contribution in [0.3, 0.4) is 0 Å². The van der Waals surface area contributed by atoms with Gasteiger partial charge in [-0.3, -0.25) is 5.32 Å². The zero-order valence-corrected chi connectivity index (χ0v) is 18.5. The van der Waals surface area contributed by atoms with Crippen molar-refractivity contribution in [2.24, 2.45) is 0 Å². The maximum Gasteiger partial charge on any atom is 0.327 e. The molecule has 2 aliphatic rings. The Kier molecular flexibility index (Phi) is 5.88. The van der Waals surface area contributed by atoms with Crippen molar-refractivity contribution in [3.05, 3.63) is 41.4 Å². The van der Waals surface area contributed by atoms with Crippen LogP contribution < -0.4 is 15.5 Å². The second-order valence-corrected chi connectivity index (χ2v) is 8.00. The molecular formula is C22H25N7O4. The van der Waals surface area contributed by atoms with Gasteiger partial charge in [0.25, 0.3) is 0 Å². The first-order valence-electron chi connectivity index (χ1n) is 10.9. The molecule has 0 unspecified atom stereocenters. The van der Waals surface area contributed by atoms with Crippen molar-refractivity contribution in [3.63, 3.8) is 0 Å². The number of nitrogens with zero attached hydrogens (tertiary/aromatic N) is 5. The maximum atomic E-state index is 12.2. The van der Waals surface area contributed by atoms with Gasteiger partial charge in [0.1, 0.15) is 5.82 Å². The first-order chi connectivity index (χ1) is 16.1. The minimum atomic E-state index is -0.472. The lowest BCUT2D eigenvalue weighted by Crippen LogP contribution is -2.45. The van der Waals surface area contributed by atoms with E-state index in [1.165, 1.54) is 0 Å². The number of carbonyl (C=O) groups excluding carboxylic acids is 1. The predicted molar refractivity (Wildman–Crippen MR) is 120 cm³/mol. The Morgan fingerprint density at radius 2 is 1.94 bits per heavy atom. The largest absolute Gasteiger partial charge is 0.408 e. The molecule has 2 aliphatic heterocycles. The smallest absolute Gasteiger partial charge is 0.327 e. The number of ether oxygens (including phenoxy) is 2. The van der Waals surface area contributed by atoms with Gasteiger partial charge in [-0.1, -0.05) is 5.10 Å². The van der Waals surface area contributed by atoms with E-state index in [0.717, 1.165) is 35.6 Å². The number of hydrogen-bond donors (Lipinski definition) is 2. The Bertz CT molecular complexity index is 1150. The molecule has 0 bridgehead atoms. The molecule has 3 aromatic rings. The van der Waals surface area contributed by atoms with Crippen LogP contribution in [0.15, 0.2) is 28.7 Å². The summed E-state index contributed by atoms with van der Waals surface area (Å²) >= 11 is 0. The normalized spacial score (nSPS) is 18.0. The average molecular weight is 451 g/mol. The van der Waals surface area contributed by atoms with Crippen molar-refractivity contribution in [2.75, 3.05) is 41.9 Å². The highest BCUT2D eigenvalue weighted by molar-refractivity contribution is 5.98. The third kappa shape index (κ3) is 4.64. The van der Waals surface area contributed by atoms with Crippen LogP contribution >= 0.6 is 0 Å². The standard InChI is InChI=1S/C22H25N7O4/c1-13-11-32-10-8-29(13)20-17-12-31-9-7-18(17)24-19(25-20)15-3-5-16(6-4-15)23-21(30)26-22-28-27-14(2)33-22/h3-6,13H,7-12H2,1-2H3,(H2,23,26,28,30)/t13-/m0/s1.